The van der Waals surface area contributed by atoms with Gasteiger partial charge in [0.05, 0.1) is 0 Å². The number of rotatable bonds is 5. The highest BCUT2D eigenvalue weighted by Gasteiger charge is 2.22. The number of Topliss-reactive ketones (excluding diaryl/α,β-unsaturated/α-hetero) is 1. The van der Waals surface area contributed by atoms with E-state index in [1.807, 2.05) is 41.8 Å². The van der Waals surface area contributed by atoms with E-state index in [9.17, 15) is 18.4 Å². The van der Waals surface area contributed by atoms with Crippen molar-refractivity contribution < 1.29 is 23.1 Å². The lowest BCUT2D eigenvalue weighted by molar-refractivity contribution is 0.0465. The molecule has 0 aliphatic rings. The van der Waals surface area contributed by atoms with Crippen molar-refractivity contribution in [1.82, 2.24) is 4.57 Å². The molecule has 0 spiro atoms. The van der Waals surface area contributed by atoms with Crippen LogP contribution in [0.15, 0.2) is 54.6 Å². The summed E-state index contributed by atoms with van der Waals surface area (Å²) >= 11 is 0. The van der Waals surface area contributed by atoms with Crippen LogP contribution in [0.5, 0.6) is 0 Å². The van der Waals surface area contributed by atoms with E-state index < -0.39 is 35.6 Å². The van der Waals surface area contributed by atoms with Gasteiger partial charge in [0, 0.05) is 22.6 Å². The Bertz CT molecular complexity index is 990. The van der Waals surface area contributed by atoms with E-state index in [1.54, 1.807) is 13.0 Å². The standard InChI is InChI=1S/C21H17F2NO3/c1-13-11-16(14(2)24(13)15-7-4-3-5-8-15)19(25)12-27-21(26)20-17(22)9-6-10-18(20)23/h3-11H,12H2,1-2H3. The normalized spacial score (nSPS) is 10.7. The first kappa shape index (κ1) is 18.5. The predicted molar refractivity (Wildman–Crippen MR) is 96.2 cm³/mol. The summed E-state index contributed by atoms with van der Waals surface area (Å²) in [6.45, 7) is 3.04. The second kappa shape index (κ2) is 7.53. The first-order valence-electron chi connectivity index (χ1n) is 8.29. The van der Waals surface area contributed by atoms with Crippen LogP contribution in [0.1, 0.15) is 32.1 Å². The molecule has 0 saturated carbocycles. The van der Waals surface area contributed by atoms with Gasteiger partial charge in [0.25, 0.3) is 0 Å². The first-order valence-corrected chi connectivity index (χ1v) is 8.29. The van der Waals surface area contributed by atoms with Gasteiger partial charge in [-0.05, 0) is 44.2 Å². The summed E-state index contributed by atoms with van der Waals surface area (Å²) in [6.07, 6.45) is 0. The lowest BCUT2D eigenvalue weighted by Crippen LogP contribution is -2.17. The van der Waals surface area contributed by atoms with Gasteiger partial charge in [0.15, 0.2) is 6.61 Å². The first-order chi connectivity index (χ1) is 12.9. The fraction of sp³-hybridized carbons (Fsp3) is 0.143. The van der Waals surface area contributed by atoms with E-state index in [0.717, 1.165) is 29.6 Å². The largest absolute Gasteiger partial charge is 0.454 e. The Hall–Kier alpha value is -3.28. The number of aromatic nitrogens is 1. The predicted octanol–water partition coefficient (Wildman–Crippen LogP) is 4.41. The average molecular weight is 369 g/mol. The average Bonchev–Trinajstić information content (AvgIpc) is 2.94. The molecule has 0 aliphatic carbocycles. The molecule has 3 rings (SSSR count). The highest BCUT2D eigenvalue weighted by Crippen LogP contribution is 2.21. The van der Waals surface area contributed by atoms with Crippen molar-refractivity contribution >= 4 is 11.8 Å². The third-order valence-electron chi connectivity index (χ3n) is 4.25. The molecule has 0 unspecified atom stereocenters. The molecule has 1 aromatic heterocycles. The van der Waals surface area contributed by atoms with Gasteiger partial charge in [0.1, 0.15) is 17.2 Å². The second-order valence-electron chi connectivity index (χ2n) is 6.05. The topological polar surface area (TPSA) is 48.3 Å². The molecule has 4 nitrogen and oxygen atoms in total. The van der Waals surface area contributed by atoms with Gasteiger partial charge in [0.2, 0.25) is 5.78 Å². The minimum absolute atomic E-state index is 0.387. The number of carbonyl (C=O) groups excluding carboxylic acids is 2. The molecule has 0 atom stereocenters. The summed E-state index contributed by atoms with van der Waals surface area (Å²) in [4.78, 5) is 24.4. The van der Waals surface area contributed by atoms with E-state index in [-0.39, 0.29) is 0 Å². The Morgan fingerprint density at radius 2 is 1.59 bits per heavy atom. The molecule has 0 aliphatic heterocycles. The zero-order valence-electron chi connectivity index (χ0n) is 14.8. The Morgan fingerprint density at radius 1 is 0.963 bits per heavy atom. The smallest absolute Gasteiger partial charge is 0.344 e. The van der Waals surface area contributed by atoms with Gasteiger partial charge in [-0.1, -0.05) is 24.3 Å². The van der Waals surface area contributed by atoms with Crippen LogP contribution in [0, 0.1) is 25.5 Å². The molecule has 0 amide bonds. The van der Waals surface area contributed by atoms with Gasteiger partial charge in [-0.15, -0.1) is 0 Å². The van der Waals surface area contributed by atoms with E-state index in [0.29, 0.717) is 11.3 Å². The Kier molecular flexibility index (Phi) is 5.16. The molecule has 0 bridgehead atoms. The summed E-state index contributed by atoms with van der Waals surface area (Å²) in [7, 11) is 0. The molecule has 6 heteroatoms. The molecular weight excluding hydrogens is 352 g/mol. The number of hydrogen-bond acceptors (Lipinski definition) is 3. The van der Waals surface area contributed by atoms with Crippen LogP contribution in [-0.2, 0) is 4.74 Å². The molecule has 3 aromatic rings. The zero-order valence-corrected chi connectivity index (χ0v) is 14.8. The third kappa shape index (κ3) is 3.65. The number of halogens is 2. The summed E-state index contributed by atoms with van der Waals surface area (Å²) < 4.78 is 34.0. The van der Waals surface area contributed by atoms with Gasteiger partial charge >= 0.3 is 5.97 Å². The van der Waals surface area contributed by atoms with Crippen LogP contribution in [0.4, 0.5) is 8.78 Å². The number of esters is 1. The zero-order chi connectivity index (χ0) is 19.6. The number of hydrogen-bond donors (Lipinski definition) is 0. The number of ether oxygens (including phenoxy) is 1. The van der Waals surface area contributed by atoms with Gasteiger partial charge in [-0.2, -0.15) is 0 Å². The molecule has 0 N–H and O–H groups in total. The van der Waals surface area contributed by atoms with Crippen molar-refractivity contribution in [3.8, 4) is 5.69 Å². The molecule has 2 aromatic carbocycles. The fourth-order valence-electron chi connectivity index (χ4n) is 2.99. The molecule has 0 saturated heterocycles. The monoisotopic (exact) mass is 369 g/mol. The molecule has 1 heterocycles. The maximum atomic E-state index is 13.6. The van der Waals surface area contributed by atoms with Gasteiger partial charge in [-0.25, -0.2) is 13.6 Å². The molecule has 0 radical (unpaired) electrons. The Balaban J connectivity index is 1.79. The number of carbonyl (C=O) groups is 2. The van der Waals surface area contributed by atoms with Crippen molar-refractivity contribution in [3.63, 3.8) is 0 Å². The lowest BCUT2D eigenvalue weighted by Gasteiger charge is -2.10. The minimum Gasteiger partial charge on any atom is -0.454 e. The Labute approximate surface area is 155 Å². The number of aryl methyl sites for hydroxylation is 1. The highest BCUT2D eigenvalue weighted by atomic mass is 19.1. The van der Waals surface area contributed by atoms with E-state index in [2.05, 4.69) is 0 Å². The maximum Gasteiger partial charge on any atom is 0.344 e. The van der Waals surface area contributed by atoms with Gasteiger partial charge < -0.3 is 9.30 Å². The maximum absolute atomic E-state index is 13.6. The SMILES string of the molecule is Cc1cc(C(=O)COC(=O)c2c(F)cccc2F)c(C)n1-c1ccccc1. The number of para-hydroxylation sites is 1. The van der Waals surface area contributed by atoms with Crippen LogP contribution in [0.2, 0.25) is 0 Å². The summed E-state index contributed by atoms with van der Waals surface area (Å²) in [5.74, 6) is -3.73. The summed E-state index contributed by atoms with van der Waals surface area (Å²) in [6, 6.07) is 14.2. The van der Waals surface area contributed by atoms with E-state index in [1.165, 1.54) is 0 Å². The molecule has 0 fully saturated rings. The quantitative estimate of drug-likeness (QED) is 0.494. The molecule has 138 valence electrons. The van der Waals surface area contributed by atoms with Crippen molar-refractivity contribution in [1.29, 1.82) is 0 Å². The van der Waals surface area contributed by atoms with Crippen molar-refractivity contribution in [3.05, 3.63) is 88.7 Å². The van der Waals surface area contributed by atoms with Crippen LogP contribution in [-0.4, -0.2) is 22.9 Å². The summed E-state index contributed by atoms with van der Waals surface area (Å²) in [5.41, 5.74) is 2.01. The molecular formula is C21H17F2NO3. The molecule has 27 heavy (non-hydrogen) atoms. The minimum atomic E-state index is -1.21. The van der Waals surface area contributed by atoms with E-state index >= 15 is 0 Å². The Morgan fingerprint density at radius 3 is 2.22 bits per heavy atom. The van der Waals surface area contributed by atoms with Crippen LogP contribution >= 0.6 is 0 Å². The lowest BCUT2D eigenvalue weighted by atomic mass is 10.1. The van der Waals surface area contributed by atoms with Crippen LogP contribution in [0.25, 0.3) is 5.69 Å². The van der Waals surface area contributed by atoms with Crippen molar-refractivity contribution in [2.45, 2.75) is 13.8 Å². The number of benzene rings is 2. The van der Waals surface area contributed by atoms with Crippen molar-refractivity contribution in [2.24, 2.45) is 0 Å². The highest BCUT2D eigenvalue weighted by molar-refractivity contribution is 6.00. The van der Waals surface area contributed by atoms with E-state index in [4.69, 9.17) is 4.74 Å². The fourth-order valence-corrected chi connectivity index (χ4v) is 2.99. The second-order valence-corrected chi connectivity index (χ2v) is 6.05. The summed E-state index contributed by atoms with van der Waals surface area (Å²) in [5, 5.41) is 0. The number of ketones is 1. The third-order valence-corrected chi connectivity index (χ3v) is 4.25. The van der Waals surface area contributed by atoms with Crippen LogP contribution in [0.3, 0.4) is 0 Å². The van der Waals surface area contributed by atoms with Crippen molar-refractivity contribution in [2.75, 3.05) is 6.61 Å². The van der Waals surface area contributed by atoms with Crippen LogP contribution < -0.4 is 0 Å². The number of nitrogens with zero attached hydrogens (tertiary/aromatic N) is 1. The van der Waals surface area contributed by atoms with Gasteiger partial charge in [-0.3, -0.25) is 4.79 Å².